The Morgan fingerprint density at radius 3 is 1.59 bits per heavy atom. The van der Waals surface area contributed by atoms with Gasteiger partial charge in [0.05, 0.1) is 0 Å². The molecule has 0 heterocycles. The van der Waals surface area contributed by atoms with E-state index in [1.54, 1.807) is 0 Å². The molecule has 0 spiro atoms. The molecule has 0 N–H and O–H groups in total. The van der Waals surface area contributed by atoms with Gasteiger partial charge in [-0.3, -0.25) is 0 Å². The van der Waals surface area contributed by atoms with Gasteiger partial charge in [0.15, 0.2) is 0 Å². The third kappa shape index (κ3) is 19.2. The Kier molecular flexibility index (Phi) is 14.6. The lowest BCUT2D eigenvalue weighted by atomic mass is 9.89. The van der Waals surface area contributed by atoms with E-state index in [9.17, 15) is 0 Å². The fourth-order valence-electron chi connectivity index (χ4n) is 2.38. The lowest BCUT2D eigenvalue weighted by Gasteiger charge is -2.17. The van der Waals surface area contributed by atoms with E-state index in [4.69, 9.17) is 0 Å². The monoisotopic (exact) mass is 304 g/mol. The molecule has 0 bridgehead atoms. The highest BCUT2D eigenvalue weighted by Crippen LogP contribution is 2.22. The number of rotatable bonds is 13. The van der Waals surface area contributed by atoms with Gasteiger partial charge in [0.25, 0.3) is 0 Å². The van der Waals surface area contributed by atoms with E-state index in [-0.39, 0.29) is 0 Å². The molecule has 0 amide bonds. The molecule has 0 unspecified atom stereocenters. The van der Waals surface area contributed by atoms with Crippen molar-refractivity contribution in [2.45, 2.75) is 98.3 Å². The van der Waals surface area contributed by atoms with E-state index in [0.717, 1.165) is 12.8 Å². The minimum absolute atomic E-state index is 0.505. The Morgan fingerprint density at radius 1 is 0.591 bits per heavy atom. The van der Waals surface area contributed by atoms with Crippen LogP contribution in [0.5, 0.6) is 0 Å². The topological polar surface area (TPSA) is 0 Å². The first kappa shape index (κ1) is 21.2. The van der Waals surface area contributed by atoms with Gasteiger partial charge in [-0.05, 0) is 50.4 Å². The molecule has 0 saturated heterocycles. The summed E-state index contributed by atoms with van der Waals surface area (Å²) in [4.78, 5) is 0. The number of allylic oxidation sites excluding steroid dienone is 6. The second-order valence-corrected chi connectivity index (χ2v) is 7.54. The molecule has 0 aromatic rings. The van der Waals surface area contributed by atoms with E-state index < -0.39 is 0 Å². The Balaban J connectivity index is 3.34. The summed E-state index contributed by atoms with van der Waals surface area (Å²) in [6.07, 6.45) is 28.0. The first-order valence-electron chi connectivity index (χ1n) is 9.51. The maximum absolute atomic E-state index is 2.35. The molecule has 0 aliphatic carbocycles. The molecule has 0 fully saturated rings. The molecule has 0 radical (unpaired) electrons. The van der Waals surface area contributed by atoms with E-state index >= 15 is 0 Å². The summed E-state index contributed by atoms with van der Waals surface area (Å²) in [6.45, 7) is 9.25. The van der Waals surface area contributed by atoms with E-state index in [1.807, 2.05) is 0 Å². The zero-order chi connectivity index (χ0) is 16.5. The molecule has 0 heteroatoms. The van der Waals surface area contributed by atoms with Crippen molar-refractivity contribution in [1.29, 1.82) is 0 Å². The van der Waals surface area contributed by atoms with Crippen LogP contribution in [0.4, 0.5) is 0 Å². The average Bonchev–Trinajstić information content (AvgIpc) is 2.45. The van der Waals surface area contributed by atoms with Gasteiger partial charge in [0.1, 0.15) is 0 Å². The molecule has 0 aliphatic rings. The van der Waals surface area contributed by atoms with Crippen molar-refractivity contribution < 1.29 is 0 Å². The predicted molar refractivity (Wildman–Crippen MR) is 103 cm³/mol. The van der Waals surface area contributed by atoms with Crippen LogP contribution in [0.3, 0.4) is 0 Å². The standard InChI is InChI=1S/C22H40/c1-5-6-7-8-9-10-11-12-13-14-15-16-17-18-19-20-21-22(2,3)4/h9-10,12-13,15-16H,5-8,11,14,17-21H2,1-4H3/b10-9+,13-12-,16-15-. The molecule has 128 valence electrons. The van der Waals surface area contributed by atoms with Crippen LogP contribution in [-0.2, 0) is 0 Å². The maximum Gasteiger partial charge on any atom is -0.0169 e. The van der Waals surface area contributed by atoms with Gasteiger partial charge in [-0.1, -0.05) is 89.8 Å². The number of hydrogen-bond acceptors (Lipinski definition) is 0. The highest BCUT2D eigenvalue weighted by Gasteiger charge is 2.08. The van der Waals surface area contributed by atoms with Crippen molar-refractivity contribution in [3.8, 4) is 0 Å². The molecule has 0 rings (SSSR count). The maximum atomic E-state index is 2.35. The number of hydrogen-bond donors (Lipinski definition) is 0. The van der Waals surface area contributed by atoms with Gasteiger partial charge >= 0.3 is 0 Å². The van der Waals surface area contributed by atoms with Crippen LogP contribution in [0.15, 0.2) is 36.5 Å². The van der Waals surface area contributed by atoms with Gasteiger partial charge < -0.3 is 0 Å². The van der Waals surface area contributed by atoms with Crippen LogP contribution < -0.4 is 0 Å². The third-order valence-electron chi connectivity index (χ3n) is 3.82. The first-order chi connectivity index (χ1) is 10.6. The van der Waals surface area contributed by atoms with Crippen molar-refractivity contribution in [1.82, 2.24) is 0 Å². The molecule has 0 aromatic carbocycles. The summed E-state index contributed by atoms with van der Waals surface area (Å²) in [6, 6.07) is 0. The summed E-state index contributed by atoms with van der Waals surface area (Å²) in [7, 11) is 0. The fourth-order valence-corrected chi connectivity index (χ4v) is 2.38. The van der Waals surface area contributed by atoms with Crippen LogP contribution in [0.2, 0.25) is 0 Å². The van der Waals surface area contributed by atoms with Crippen molar-refractivity contribution in [3.63, 3.8) is 0 Å². The van der Waals surface area contributed by atoms with Crippen LogP contribution in [0.1, 0.15) is 98.3 Å². The van der Waals surface area contributed by atoms with Crippen LogP contribution in [-0.4, -0.2) is 0 Å². The minimum Gasteiger partial charge on any atom is -0.0882 e. The summed E-state index contributed by atoms with van der Waals surface area (Å²) in [5, 5.41) is 0. The SMILES string of the molecule is CCCCC/C=C/C/C=C\C/C=C\CCCCCC(C)(C)C. The van der Waals surface area contributed by atoms with Crippen LogP contribution in [0, 0.1) is 5.41 Å². The molecular weight excluding hydrogens is 264 g/mol. The second-order valence-electron chi connectivity index (χ2n) is 7.54. The Bertz CT molecular complexity index is 298. The summed E-state index contributed by atoms with van der Waals surface area (Å²) >= 11 is 0. The second kappa shape index (κ2) is 15.1. The van der Waals surface area contributed by atoms with Gasteiger partial charge in [-0.25, -0.2) is 0 Å². The van der Waals surface area contributed by atoms with Gasteiger partial charge in [0.2, 0.25) is 0 Å². The third-order valence-corrected chi connectivity index (χ3v) is 3.82. The van der Waals surface area contributed by atoms with Crippen molar-refractivity contribution in [2.24, 2.45) is 5.41 Å². The zero-order valence-corrected chi connectivity index (χ0v) is 15.7. The van der Waals surface area contributed by atoms with Crippen molar-refractivity contribution >= 4 is 0 Å². The molecule has 0 nitrogen and oxygen atoms in total. The van der Waals surface area contributed by atoms with E-state index in [2.05, 4.69) is 64.2 Å². The Hall–Kier alpha value is -0.780. The lowest BCUT2D eigenvalue weighted by Crippen LogP contribution is -2.03. The quantitative estimate of drug-likeness (QED) is 0.239. The summed E-state index contributed by atoms with van der Waals surface area (Å²) in [5.41, 5.74) is 0.505. The summed E-state index contributed by atoms with van der Waals surface area (Å²) < 4.78 is 0. The smallest absolute Gasteiger partial charge is 0.0169 e. The van der Waals surface area contributed by atoms with Crippen LogP contribution >= 0.6 is 0 Å². The van der Waals surface area contributed by atoms with Gasteiger partial charge in [0, 0.05) is 0 Å². The normalized spacial score (nSPS) is 13.1. The molecule has 0 aliphatic heterocycles. The number of unbranched alkanes of at least 4 members (excludes halogenated alkanes) is 6. The van der Waals surface area contributed by atoms with Gasteiger partial charge in [-0.2, -0.15) is 0 Å². The largest absolute Gasteiger partial charge is 0.0882 e. The van der Waals surface area contributed by atoms with E-state index in [1.165, 1.54) is 57.8 Å². The molecule has 0 saturated carbocycles. The predicted octanol–water partition coefficient (Wildman–Crippen LogP) is 8.01. The molecule has 22 heavy (non-hydrogen) atoms. The zero-order valence-electron chi connectivity index (χ0n) is 15.7. The molecule has 0 aromatic heterocycles. The minimum atomic E-state index is 0.505. The molecular formula is C22H40. The summed E-state index contributed by atoms with van der Waals surface area (Å²) in [5.74, 6) is 0. The average molecular weight is 305 g/mol. The molecule has 0 atom stereocenters. The highest BCUT2D eigenvalue weighted by atomic mass is 14.1. The first-order valence-corrected chi connectivity index (χ1v) is 9.51. The van der Waals surface area contributed by atoms with Crippen molar-refractivity contribution in [2.75, 3.05) is 0 Å². The fraction of sp³-hybridized carbons (Fsp3) is 0.727. The lowest BCUT2D eigenvalue weighted by molar-refractivity contribution is 0.358. The Labute approximate surface area is 140 Å². The van der Waals surface area contributed by atoms with Crippen LogP contribution in [0.25, 0.3) is 0 Å². The Morgan fingerprint density at radius 2 is 1.09 bits per heavy atom. The van der Waals surface area contributed by atoms with Crippen molar-refractivity contribution in [3.05, 3.63) is 36.5 Å². The van der Waals surface area contributed by atoms with E-state index in [0.29, 0.717) is 5.41 Å². The highest BCUT2D eigenvalue weighted by molar-refractivity contribution is 4.97. The van der Waals surface area contributed by atoms with Gasteiger partial charge in [-0.15, -0.1) is 0 Å².